The summed E-state index contributed by atoms with van der Waals surface area (Å²) in [5.41, 5.74) is 2.67. The number of hydrogen-bond donors (Lipinski definition) is 0. The molecule has 0 bridgehead atoms. The zero-order chi connectivity index (χ0) is 17.2. The zero-order valence-corrected chi connectivity index (χ0v) is 14.9. The van der Waals surface area contributed by atoms with Crippen molar-refractivity contribution in [2.45, 2.75) is 32.7 Å². The van der Waals surface area contributed by atoms with Gasteiger partial charge in [0.25, 0.3) is 0 Å². The molecule has 130 valence electrons. The van der Waals surface area contributed by atoms with E-state index in [-0.39, 0.29) is 0 Å². The fraction of sp³-hybridized carbons (Fsp3) is 0.562. The number of aryl methyl sites for hydroxylation is 1. The van der Waals surface area contributed by atoms with Crippen molar-refractivity contribution >= 4 is 10.0 Å². The van der Waals surface area contributed by atoms with Gasteiger partial charge in [0, 0.05) is 37.6 Å². The molecule has 0 aliphatic carbocycles. The van der Waals surface area contributed by atoms with Crippen LogP contribution < -0.4 is 0 Å². The Labute approximate surface area is 142 Å². The number of rotatable bonds is 6. The summed E-state index contributed by atoms with van der Waals surface area (Å²) in [6.45, 7) is 4.17. The molecule has 1 aliphatic rings. The maximum absolute atomic E-state index is 11.6. The van der Waals surface area contributed by atoms with Gasteiger partial charge in [-0.15, -0.1) is 0 Å². The number of sulfonamides is 1. The monoisotopic (exact) mass is 349 g/mol. The fourth-order valence-corrected chi connectivity index (χ4v) is 3.97. The van der Waals surface area contributed by atoms with Gasteiger partial charge in [-0.05, 0) is 25.2 Å². The molecule has 3 rings (SSSR count). The van der Waals surface area contributed by atoms with Crippen molar-refractivity contribution in [3.63, 3.8) is 0 Å². The minimum atomic E-state index is -3.10. The van der Waals surface area contributed by atoms with E-state index in [9.17, 15) is 8.42 Å². The second-order valence-corrected chi connectivity index (χ2v) is 8.35. The second-order valence-electron chi connectivity index (χ2n) is 6.37. The van der Waals surface area contributed by atoms with Gasteiger partial charge < -0.3 is 0 Å². The molecule has 0 radical (unpaired) electrons. The van der Waals surface area contributed by atoms with E-state index in [0.29, 0.717) is 19.0 Å². The molecule has 24 heavy (non-hydrogen) atoms. The molecule has 0 aromatic carbocycles. The maximum atomic E-state index is 11.6. The third-order valence-corrected chi connectivity index (χ3v) is 5.55. The Morgan fingerprint density at radius 1 is 1.29 bits per heavy atom. The normalized spacial score (nSPS) is 19.0. The van der Waals surface area contributed by atoms with Crippen LogP contribution in [0.1, 0.15) is 25.5 Å². The van der Waals surface area contributed by atoms with E-state index < -0.39 is 10.0 Å². The van der Waals surface area contributed by atoms with E-state index in [0.717, 1.165) is 42.8 Å². The summed E-state index contributed by atoms with van der Waals surface area (Å²) in [6.07, 6.45) is 11.2. The maximum Gasteiger partial charge on any atom is 0.211 e. The lowest BCUT2D eigenvalue weighted by Crippen LogP contribution is -2.27. The van der Waals surface area contributed by atoms with Gasteiger partial charge in [0.1, 0.15) is 0 Å². The van der Waals surface area contributed by atoms with Gasteiger partial charge in [0.15, 0.2) is 0 Å². The topological polar surface area (TPSA) is 81.0 Å². The van der Waals surface area contributed by atoms with E-state index in [2.05, 4.69) is 22.0 Å². The van der Waals surface area contributed by atoms with Crippen molar-refractivity contribution in [3.8, 4) is 11.3 Å². The molecule has 1 aliphatic heterocycles. The second kappa shape index (κ2) is 6.98. The van der Waals surface area contributed by atoms with Crippen LogP contribution in [-0.2, 0) is 23.0 Å². The summed E-state index contributed by atoms with van der Waals surface area (Å²) in [5, 5.41) is 4.33. The number of hydrogen-bond acceptors (Lipinski definition) is 5. The largest absolute Gasteiger partial charge is 0.272 e. The van der Waals surface area contributed by atoms with Crippen molar-refractivity contribution < 1.29 is 8.42 Å². The lowest BCUT2D eigenvalue weighted by atomic mass is 10.0. The predicted octanol–water partition coefficient (Wildman–Crippen LogP) is 1.57. The van der Waals surface area contributed by atoms with E-state index in [1.165, 1.54) is 6.26 Å². The highest BCUT2D eigenvalue weighted by Gasteiger charge is 2.28. The summed E-state index contributed by atoms with van der Waals surface area (Å²) >= 11 is 0. The highest BCUT2D eigenvalue weighted by atomic mass is 32.2. The molecule has 8 heteroatoms. The molecule has 3 heterocycles. The SMILES string of the molecule is CCCn1cc(-c2cncc(CC3CCN(S(C)(=O)=O)C3)n2)cn1. The Bertz CT molecular complexity index is 802. The standard InChI is InChI=1S/C16H23N5O2S/c1-3-5-20-12-14(8-18-20)16-10-17-9-15(19-16)7-13-4-6-21(11-13)24(2,22)23/h8-10,12-13H,3-7,11H2,1-2H3. The summed E-state index contributed by atoms with van der Waals surface area (Å²) in [5.74, 6) is 0.298. The highest BCUT2D eigenvalue weighted by Crippen LogP contribution is 2.23. The summed E-state index contributed by atoms with van der Waals surface area (Å²) in [7, 11) is -3.10. The third kappa shape index (κ3) is 3.99. The fourth-order valence-electron chi connectivity index (χ4n) is 3.05. The summed E-state index contributed by atoms with van der Waals surface area (Å²) < 4.78 is 26.7. The Morgan fingerprint density at radius 3 is 2.83 bits per heavy atom. The molecule has 1 unspecified atom stereocenters. The molecule has 7 nitrogen and oxygen atoms in total. The molecule has 1 atom stereocenters. The van der Waals surface area contributed by atoms with E-state index in [1.54, 1.807) is 16.7 Å². The highest BCUT2D eigenvalue weighted by molar-refractivity contribution is 7.88. The first kappa shape index (κ1) is 17.0. The molecule has 1 saturated heterocycles. The Balaban J connectivity index is 1.69. The van der Waals surface area contributed by atoms with Crippen molar-refractivity contribution in [2.75, 3.05) is 19.3 Å². The summed E-state index contributed by atoms with van der Waals surface area (Å²) in [4.78, 5) is 8.98. The molecule has 1 fully saturated rings. The smallest absolute Gasteiger partial charge is 0.211 e. The van der Waals surface area contributed by atoms with Gasteiger partial charge in [0.2, 0.25) is 10.0 Å². The van der Waals surface area contributed by atoms with Crippen molar-refractivity contribution in [2.24, 2.45) is 5.92 Å². The number of aromatic nitrogens is 4. The van der Waals surface area contributed by atoms with Gasteiger partial charge in [-0.25, -0.2) is 17.7 Å². The van der Waals surface area contributed by atoms with Crippen LogP contribution >= 0.6 is 0 Å². The molecule has 0 saturated carbocycles. The first-order chi connectivity index (χ1) is 11.5. The lowest BCUT2D eigenvalue weighted by Gasteiger charge is -2.13. The zero-order valence-electron chi connectivity index (χ0n) is 14.1. The van der Waals surface area contributed by atoms with Crippen molar-refractivity contribution in [1.82, 2.24) is 24.1 Å². The molecule has 0 spiro atoms. The van der Waals surface area contributed by atoms with E-state index in [1.807, 2.05) is 17.1 Å². The van der Waals surface area contributed by atoms with Crippen LogP contribution in [0.15, 0.2) is 24.8 Å². The van der Waals surface area contributed by atoms with Gasteiger partial charge in [-0.2, -0.15) is 5.10 Å². The average Bonchev–Trinajstić information content (AvgIpc) is 3.17. The van der Waals surface area contributed by atoms with Crippen LogP contribution in [0.5, 0.6) is 0 Å². The summed E-state index contributed by atoms with van der Waals surface area (Å²) in [6, 6.07) is 0. The van der Waals surface area contributed by atoms with Gasteiger partial charge in [0.05, 0.1) is 30.0 Å². The minimum Gasteiger partial charge on any atom is -0.272 e. The number of nitrogens with zero attached hydrogens (tertiary/aromatic N) is 5. The molecular formula is C16H23N5O2S. The molecule has 0 N–H and O–H groups in total. The molecule has 0 amide bonds. The van der Waals surface area contributed by atoms with Crippen LogP contribution in [0.25, 0.3) is 11.3 Å². The van der Waals surface area contributed by atoms with Crippen LogP contribution in [-0.4, -0.2) is 51.8 Å². The first-order valence-electron chi connectivity index (χ1n) is 8.24. The van der Waals surface area contributed by atoms with Crippen LogP contribution in [0.2, 0.25) is 0 Å². The van der Waals surface area contributed by atoms with Crippen molar-refractivity contribution in [3.05, 3.63) is 30.5 Å². The lowest BCUT2D eigenvalue weighted by molar-refractivity contribution is 0.459. The minimum absolute atomic E-state index is 0.298. The van der Waals surface area contributed by atoms with Gasteiger partial charge in [-0.3, -0.25) is 9.67 Å². The Morgan fingerprint density at radius 2 is 2.12 bits per heavy atom. The molecule has 2 aromatic rings. The third-order valence-electron chi connectivity index (χ3n) is 4.28. The molecule has 2 aromatic heterocycles. The van der Waals surface area contributed by atoms with E-state index in [4.69, 9.17) is 0 Å². The Hall–Kier alpha value is -1.80. The predicted molar refractivity (Wildman–Crippen MR) is 91.8 cm³/mol. The average molecular weight is 349 g/mol. The van der Waals surface area contributed by atoms with Crippen molar-refractivity contribution in [1.29, 1.82) is 0 Å². The first-order valence-corrected chi connectivity index (χ1v) is 10.1. The van der Waals surface area contributed by atoms with Crippen LogP contribution in [0.4, 0.5) is 0 Å². The molecular weight excluding hydrogens is 326 g/mol. The quantitative estimate of drug-likeness (QED) is 0.791. The van der Waals surface area contributed by atoms with E-state index >= 15 is 0 Å². The van der Waals surface area contributed by atoms with Gasteiger partial charge in [-0.1, -0.05) is 6.92 Å². The van der Waals surface area contributed by atoms with Crippen LogP contribution in [0, 0.1) is 5.92 Å². The van der Waals surface area contributed by atoms with Gasteiger partial charge >= 0.3 is 0 Å². The van der Waals surface area contributed by atoms with Crippen LogP contribution in [0.3, 0.4) is 0 Å². The Kier molecular flexibility index (Phi) is 4.96.